The van der Waals surface area contributed by atoms with Gasteiger partial charge in [0.2, 0.25) is 11.2 Å². The average molecular weight is 320 g/mol. The molecule has 0 fully saturated rings. The zero-order chi connectivity index (χ0) is 16.9. The fourth-order valence-electron chi connectivity index (χ4n) is 2.55. The van der Waals surface area contributed by atoms with Gasteiger partial charge in [-0.25, -0.2) is 0 Å². The summed E-state index contributed by atoms with van der Waals surface area (Å²) in [6, 6.07) is 19.3. The lowest BCUT2D eigenvalue weighted by atomic mass is 10.0. The Morgan fingerprint density at radius 2 is 1.58 bits per heavy atom. The Morgan fingerprint density at radius 1 is 0.958 bits per heavy atom. The van der Waals surface area contributed by atoms with E-state index in [0.29, 0.717) is 23.7 Å². The van der Waals surface area contributed by atoms with Gasteiger partial charge in [-0.15, -0.1) is 0 Å². The van der Waals surface area contributed by atoms with Crippen LogP contribution in [0.5, 0.6) is 5.75 Å². The molecule has 0 amide bonds. The Hall–Kier alpha value is -2.81. The minimum atomic E-state index is -0.132. The first kappa shape index (κ1) is 16.1. The molecule has 3 nitrogen and oxygen atoms in total. The summed E-state index contributed by atoms with van der Waals surface area (Å²) in [5, 5.41) is 0. The molecule has 0 spiro atoms. The van der Waals surface area contributed by atoms with E-state index >= 15 is 0 Å². The third-order valence-corrected chi connectivity index (χ3v) is 3.81. The van der Waals surface area contributed by atoms with E-state index in [1.54, 1.807) is 0 Å². The smallest absolute Gasteiger partial charge is 0.234 e. The van der Waals surface area contributed by atoms with Gasteiger partial charge in [0.25, 0.3) is 0 Å². The zero-order valence-electron chi connectivity index (χ0n) is 13.9. The second kappa shape index (κ2) is 7.18. The van der Waals surface area contributed by atoms with E-state index in [4.69, 9.17) is 9.15 Å². The van der Waals surface area contributed by atoms with Crippen LogP contribution in [0.25, 0.3) is 11.1 Å². The van der Waals surface area contributed by atoms with Crippen molar-refractivity contribution in [1.29, 1.82) is 0 Å². The van der Waals surface area contributed by atoms with Crippen LogP contribution in [-0.4, -0.2) is 0 Å². The maximum Gasteiger partial charge on any atom is 0.234 e. The summed E-state index contributed by atoms with van der Waals surface area (Å²) in [4.78, 5) is 12.9. The topological polar surface area (TPSA) is 39.4 Å². The molecule has 3 heteroatoms. The van der Waals surface area contributed by atoms with Crippen molar-refractivity contribution < 1.29 is 9.15 Å². The third kappa shape index (κ3) is 3.40. The molecule has 0 aliphatic carbocycles. The fraction of sp³-hybridized carbons (Fsp3) is 0.190. The van der Waals surface area contributed by atoms with Crippen LogP contribution < -0.4 is 10.2 Å². The third-order valence-electron chi connectivity index (χ3n) is 3.81. The SMILES string of the molecule is CC(C)c1occ(-c2ccccc2)c(=O)c1OCc1ccccc1. The molecule has 0 radical (unpaired) electrons. The van der Waals surface area contributed by atoms with Gasteiger partial charge in [0, 0.05) is 5.92 Å². The lowest BCUT2D eigenvalue weighted by Crippen LogP contribution is -2.13. The van der Waals surface area contributed by atoms with Crippen molar-refractivity contribution in [3.8, 4) is 16.9 Å². The first-order valence-electron chi connectivity index (χ1n) is 8.04. The molecule has 0 bridgehead atoms. The van der Waals surface area contributed by atoms with Crippen molar-refractivity contribution in [2.24, 2.45) is 0 Å². The standard InChI is InChI=1S/C21H20O3/c1-15(2)20-21(23-13-16-9-5-3-6-10-16)19(22)18(14-24-20)17-11-7-4-8-12-17/h3-12,14-15H,13H2,1-2H3. The molecule has 24 heavy (non-hydrogen) atoms. The van der Waals surface area contributed by atoms with Gasteiger partial charge in [-0.1, -0.05) is 74.5 Å². The molecule has 0 N–H and O–H groups in total. The van der Waals surface area contributed by atoms with Crippen molar-refractivity contribution in [1.82, 2.24) is 0 Å². The lowest BCUT2D eigenvalue weighted by molar-refractivity contribution is 0.280. The molecular formula is C21H20O3. The van der Waals surface area contributed by atoms with Gasteiger partial charge >= 0.3 is 0 Å². The van der Waals surface area contributed by atoms with Gasteiger partial charge in [-0.2, -0.15) is 0 Å². The number of ether oxygens (including phenoxy) is 1. The Balaban J connectivity index is 2.00. The zero-order valence-corrected chi connectivity index (χ0v) is 13.9. The highest BCUT2D eigenvalue weighted by atomic mass is 16.5. The van der Waals surface area contributed by atoms with E-state index in [-0.39, 0.29) is 11.3 Å². The summed E-state index contributed by atoms with van der Waals surface area (Å²) >= 11 is 0. The summed E-state index contributed by atoms with van der Waals surface area (Å²) in [6.45, 7) is 4.30. The molecule has 0 unspecified atom stereocenters. The predicted octanol–water partition coefficient (Wildman–Crippen LogP) is 5.01. The van der Waals surface area contributed by atoms with Crippen molar-refractivity contribution >= 4 is 0 Å². The molecule has 1 aromatic heterocycles. The normalized spacial score (nSPS) is 10.8. The first-order chi connectivity index (χ1) is 11.7. The minimum Gasteiger partial charge on any atom is -0.482 e. The van der Waals surface area contributed by atoms with Gasteiger partial charge in [-0.05, 0) is 11.1 Å². The van der Waals surface area contributed by atoms with E-state index in [1.807, 2.05) is 74.5 Å². The van der Waals surface area contributed by atoms with Crippen LogP contribution in [0.2, 0.25) is 0 Å². The van der Waals surface area contributed by atoms with Gasteiger partial charge in [-0.3, -0.25) is 4.79 Å². The van der Waals surface area contributed by atoms with Crippen LogP contribution >= 0.6 is 0 Å². The minimum absolute atomic E-state index is 0.0632. The van der Waals surface area contributed by atoms with Crippen molar-refractivity contribution in [3.05, 3.63) is 88.5 Å². The maximum atomic E-state index is 12.9. The number of rotatable bonds is 5. The van der Waals surface area contributed by atoms with E-state index < -0.39 is 0 Å². The fourth-order valence-corrected chi connectivity index (χ4v) is 2.55. The Kier molecular flexibility index (Phi) is 4.80. The van der Waals surface area contributed by atoms with Gasteiger partial charge < -0.3 is 9.15 Å². The van der Waals surface area contributed by atoms with Gasteiger partial charge in [0.15, 0.2) is 5.76 Å². The number of benzene rings is 2. The van der Waals surface area contributed by atoms with Crippen LogP contribution in [0.3, 0.4) is 0 Å². The Morgan fingerprint density at radius 3 is 2.21 bits per heavy atom. The van der Waals surface area contributed by atoms with Crippen LogP contribution in [-0.2, 0) is 6.61 Å². The van der Waals surface area contributed by atoms with E-state index in [1.165, 1.54) is 6.26 Å². The van der Waals surface area contributed by atoms with E-state index in [9.17, 15) is 4.79 Å². The van der Waals surface area contributed by atoms with Gasteiger partial charge in [0.05, 0.1) is 5.56 Å². The van der Waals surface area contributed by atoms with E-state index in [2.05, 4.69) is 0 Å². The van der Waals surface area contributed by atoms with Crippen molar-refractivity contribution in [2.75, 3.05) is 0 Å². The number of hydrogen-bond donors (Lipinski definition) is 0. The molecule has 3 aromatic rings. The summed E-state index contributed by atoms with van der Waals surface area (Å²) in [5.74, 6) is 0.944. The highest BCUT2D eigenvalue weighted by molar-refractivity contribution is 5.63. The maximum absolute atomic E-state index is 12.9. The highest BCUT2D eigenvalue weighted by Crippen LogP contribution is 2.27. The second-order valence-electron chi connectivity index (χ2n) is 5.97. The van der Waals surface area contributed by atoms with Gasteiger partial charge in [0.1, 0.15) is 12.9 Å². The van der Waals surface area contributed by atoms with Crippen molar-refractivity contribution in [3.63, 3.8) is 0 Å². The quantitative estimate of drug-likeness (QED) is 0.663. The Bertz CT molecular complexity index is 849. The number of hydrogen-bond acceptors (Lipinski definition) is 3. The van der Waals surface area contributed by atoms with Crippen LogP contribution in [0.4, 0.5) is 0 Å². The highest BCUT2D eigenvalue weighted by Gasteiger charge is 2.19. The second-order valence-corrected chi connectivity index (χ2v) is 5.97. The first-order valence-corrected chi connectivity index (χ1v) is 8.04. The molecule has 3 rings (SSSR count). The van der Waals surface area contributed by atoms with E-state index in [0.717, 1.165) is 11.1 Å². The molecule has 0 saturated carbocycles. The largest absolute Gasteiger partial charge is 0.482 e. The summed E-state index contributed by atoms with van der Waals surface area (Å²) < 4.78 is 11.6. The average Bonchev–Trinajstić information content (AvgIpc) is 2.62. The van der Waals surface area contributed by atoms with Crippen molar-refractivity contribution in [2.45, 2.75) is 26.4 Å². The van der Waals surface area contributed by atoms with Crippen LogP contribution in [0.15, 0.2) is 76.1 Å². The lowest BCUT2D eigenvalue weighted by Gasteiger charge is -2.13. The molecule has 0 saturated heterocycles. The summed E-state index contributed by atoms with van der Waals surface area (Å²) in [6.07, 6.45) is 1.53. The molecule has 0 aliphatic heterocycles. The Labute approximate surface area is 141 Å². The summed E-state index contributed by atoms with van der Waals surface area (Å²) in [7, 11) is 0. The van der Waals surface area contributed by atoms with Crippen LogP contribution in [0, 0.1) is 0 Å². The van der Waals surface area contributed by atoms with Crippen LogP contribution in [0.1, 0.15) is 31.1 Å². The molecular weight excluding hydrogens is 300 g/mol. The molecule has 0 atom stereocenters. The molecule has 1 heterocycles. The summed E-state index contributed by atoms with van der Waals surface area (Å²) in [5.41, 5.74) is 2.22. The molecule has 2 aromatic carbocycles. The monoisotopic (exact) mass is 320 g/mol. The predicted molar refractivity (Wildman–Crippen MR) is 95.3 cm³/mol. The molecule has 122 valence electrons. The molecule has 0 aliphatic rings.